The van der Waals surface area contributed by atoms with E-state index in [0.29, 0.717) is 0 Å². The van der Waals surface area contributed by atoms with Crippen molar-refractivity contribution in [1.29, 1.82) is 0 Å². The van der Waals surface area contributed by atoms with E-state index in [0.717, 1.165) is 13.1 Å². The molecule has 0 radical (unpaired) electrons. The van der Waals surface area contributed by atoms with Crippen LogP contribution in [0.5, 0.6) is 0 Å². The predicted octanol–water partition coefficient (Wildman–Crippen LogP) is 3.66. The fourth-order valence-electron chi connectivity index (χ4n) is 1.85. The van der Waals surface area contributed by atoms with E-state index in [-0.39, 0.29) is 5.41 Å². The van der Waals surface area contributed by atoms with E-state index < -0.39 is 0 Å². The van der Waals surface area contributed by atoms with E-state index >= 15 is 0 Å². The first-order chi connectivity index (χ1) is 7.56. The Hall–Kier alpha value is -0.820. The molecule has 0 aliphatic carbocycles. The number of hydrogen-bond acceptors (Lipinski definition) is 1. The molecule has 0 saturated heterocycles. The van der Waals surface area contributed by atoms with Crippen LogP contribution in [0, 0.1) is 6.92 Å². The Balaban J connectivity index is 2.52. The van der Waals surface area contributed by atoms with Crippen LogP contribution in [-0.2, 0) is 5.41 Å². The molecule has 1 aromatic carbocycles. The smallest absolute Gasteiger partial charge is 0.00406 e. The summed E-state index contributed by atoms with van der Waals surface area (Å²) in [5.41, 5.74) is 3.05. The van der Waals surface area contributed by atoms with Crippen molar-refractivity contribution >= 4 is 0 Å². The van der Waals surface area contributed by atoms with Gasteiger partial charge in [0.25, 0.3) is 0 Å². The fraction of sp³-hybridized carbons (Fsp3) is 0.600. The van der Waals surface area contributed by atoms with Gasteiger partial charge in [0.1, 0.15) is 0 Å². The summed E-state index contributed by atoms with van der Waals surface area (Å²) in [4.78, 5) is 0. The molecular formula is C15H25N. The first-order valence-corrected chi connectivity index (χ1v) is 6.34. The molecule has 0 amide bonds. The third-order valence-electron chi connectivity index (χ3n) is 3.19. The molecule has 0 fully saturated rings. The Morgan fingerprint density at radius 2 is 1.69 bits per heavy atom. The van der Waals surface area contributed by atoms with Crippen LogP contribution in [0.25, 0.3) is 0 Å². The van der Waals surface area contributed by atoms with Crippen molar-refractivity contribution in [3.05, 3.63) is 35.4 Å². The van der Waals surface area contributed by atoms with Gasteiger partial charge in [0, 0.05) is 0 Å². The van der Waals surface area contributed by atoms with Crippen molar-refractivity contribution < 1.29 is 0 Å². The molecule has 1 heteroatoms. The molecule has 1 rings (SSSR count). The van der Waals surface area contributed by atoms with Crippen molar-refractivity contribution in [3.8, 4) is 0 Å². The van der Waals surface area contributed by atoms with Gasteiger partial charge in [-0.05, 0) is 43.8 Å². The zero-order chi connectivity index (χ0) is 12.0. The Morgan fingerprint density at radius 3 is 2.25 bits per heavy atom. The average molecular weight is 219 g/mol. The summed E-state index contributed by atoms with van der Waals surface area (Å²) in [5, 5.41) is 3.47. The quantitative estimate of drug-likeness (QED) is 0.720. The molecule has 0 aliphatic heterocycles. The van der Waals surface area contributed by atoms with Crippen LogP contribution in [0.3, 0.4) is 0 Å². The lowest BCUT2D eigenvalue weighted by atomic mass is 9.81. The minimum atomic E-state index is 0.272. The third kappa shape index (κ3) is 3.97. The van der Waals surface area contributed by atoms with E-state index in [2.05, 4.69) is 57.3 Å². The molecule has 0 aliphatic rings. The summed E-state index contributed by atoms with van der Waals surface area (Å²) < 4.78 is 0. The standard InChI is InChI=1S/C15H25N/c1-5-11-16-12-10-15(3,4)14-8-6-13(2)7-9-14/h6-9,16H,5,10-12H2,1-4H3. The van der Waals surface area contributed by atoms with Gasteiger partial charge in [-0.25, -0.2) is 0 Å². The lowest BCUT2D eigenvalue weighted by molar-refractivity contribution is 0.457. The summed E-state index contributed by atoms with van der Waals surface area (Å²) in [6.07, 6.45) is 2.40. The summed E-state index contributed by atoms with van der Waals surface area (Å²) in [7, 11) is 0. The van der Waals surface area contributed by atoms with Gasteiger partial charge in [-0.15, -0.1) is 0 Å². The highest BCUT2D eigenvalue weighted by Crippen LogP contribution is 2.26. The van der Waals surface area contributed by atoms with Crippen LogP contribution < -0.4 is 5.32 Å². The molecule has 0 atom stereocenters. The van der Waals surface area contributed by atoms with Crippen molar-refractivity contribution in [2.45, 2.75) is 46.0 Å². The lowest BCUT2D eigenvalue weighted by Crippen LogP contribution is -2.25. The Labute approximate surface area is 100 Å². The predicted molar refractivity (Wildman–Crippen MR) is 72.0 cm³/mol. The topological polar surface area (TPSA) is 12.0 Å². The highest BCUT2D eigenvalue weighted by atomic mass is 14.8. The Bertz CT molecular complexity index is 298. The molecule has 90 valence electrons. The normalized spacial score (nSPS) is 11.8. The lowest BCUT2D eigenvalue weighted by Gasteiger charge is -2.25. The summed E-state index contributed by atoms with van der Waals surface area (Å²) in [5.74, 6) is 0. The molecular weight excluding hydrogens is 194 g/mol. The molecule has 0 aromatic heterocycles. The van der Waals surface area contributed by atoms with Gasteiger partial charge in [-0.3, -0.25) is 0 Å². The van der Waals surface area contributed by atoms with Crippen molar-refractivity contribution in [3.63, 3.8) is 0 Å². The van der Waals surface area contributed by atoms with Gasteiger partial charge >= 0.3 is 0 Å². The molecule has 1 N–H and O–H groups in total. The van der Waals surface area contributed by atoms with Gasteiger partial charge in [0.05, 0.1) is 0 Å². The number of hydrogen-bond donors (Lipinski definition) is 1. The summed E-state index contributed by atoms with van der Waals surface area (Å²) in [6, 6.07) is 8.93. The highest BCUT2D eigenvalue weighted by molar-refractivity contribution is 5.27. The minimum absolute atomic E-state index is 0.272. The molecule has 0 saturated carbocycles. The molecule has 16 heavy (non-hydrogen) atoms. The summed E-state index contributed by atoms with van der Waals surface area (Å²) >= 11 is 0. The summed E-state index contributed by atoms with van der Waals surface area (Å²) in [6.45, 7) is 11.2. The number of rotatable bonds is 6. The number of aryl methyl sites for hydroxylation is 1. The Morgan fingerprint density at radius 1 is 1.06 bits per heavy atom. The van der Waals surface area contributed by atoms with Gasteiger partial charge in [-0.2, -0.15) is 0 Å². The maximum atomic E-state index is 3.47. The largest absolute Gasteiger partial charge is 0.317 e. The van der Waals surface area contributed by atoms with Crippen LogP contribution in [0.1, 0.15) is 44.7 Å². The van der Waals surface area contributed by atoms with E-state index in [9.17, 15) is 0 Å². The molecule has 0 unspecified atom stereocenters. The monoisotopic (exact) mass is 219 g/mol. The second-order valence-electron chi connectivity index (χ2n) is 5.25. The van der Waals surface area contributed by atoms with E-state index in [1.54, 1.807) is 0 Å². The second kappa shape index (κ2) is 6.05. The highest BCUT2D eigenvalue weighted by Gasteiger charge is 2.19. The number of nitrogens with one attached hydrogen (secondary N) is 1. The van der Waals surface area contributed by atoms with E-state index in [1.807, 2.05) is 0 Å². The maximum absolute atomic E-state index is 3.47. The minimum Gasteiger partial charge on any atom is -0.317 e. The first kappa shape index (κ1) is 13.2. The van der Waals surface area contributed by atoms with Crippen LogP contribution in [0.4, 0.5) is 0 Å². The van der Waals surface area contributed by atoms with Gasteiger partial charge in [-0.1, -0.05) is 50.6 Å². The van der Waals surface area contributed by atoms with E-state index in [1.165, 1.54) is 24.0 Å². The van der Waals surface area contributed by atoms with E-state index in [4.69, 9.17) is 0 Å². The van der Waals surface area contributed by atoms with Crippen LogP contribution >= 0.6 is 0 Å². The zero-order valence-electron chi connectivity index (χ0n) is 11.1. The van der Waals surface area contributed by atoms with Gasteiger partial charge in [0.15, 0.2) is 0 Å². The van der Waals surface area contributed by atoms with Crippen molar-refractivity contribution in [2.24, 2.45) is 0 Å². The maximum Gasteiger partial charge on any atom is -0.00406 e. The van der Waals surface area contributed by atoms with Crippen LogP contribution in [0.15, 0.2) is 24.3 Å². The molecule has 0 bridgehead atoms. The molecule has 0 spiro atoms. The first-order valence-electron chi connectivity index (χ1n) is 6.34. The molecule has 1 nitrogen and oxygen atoms in total. The SMILES string of the molecule is CCCNCCC(C)(C)c1ccc(C)cc1. The Kier molecular flexibility index (Phi) is 5.01. The second-order valence-corrected chi connectivity index (χ2v) is 5.25. The average Bonchev–Trinajstić information content (AvgIpc) is 2.25. The fourth-order valence-corrected chi connectivity index (χ4v) is 1.85. The number of benzene rings is 1. The molecule has 1 aromatic rings. The van der Waals surface area contributed by atoms with Crippen LogP contribution in [-0.4, -0.2) is 13.1 Å². The van der Waals surface area contributed by atoms with Crippen molar-refractivity contribution in [2.75, 3.05) is 13.1 Å². The van der Waals surface area contributed by atoms with Crippen molar-refractivity contribution in [1.82, 2.24) is 5.32 Å². The van der Waals surface area contributed by atoms with Gasteiger partial charge < -0.3 is 5.32 Å². The van der Waals surface area contributed by atoms with Crippen LogP contribution in [0.2, 0.25) is 0 Å². The molecule has 0 heterocycles. The third-order valence-corrected chi connectivity index (χ3v) is 3.19. The van der Waals surface area contributed by atoms with Gasteiger partial charge in [0.2, 0.25) is 0 Å². The zero-order valence-corrected chi connectivity index (χ0v) is 11.1.